The second-order valence-corrected chi connectivity index (χ2v) is 6.54. The number of benzene rings is 1. The van der Waals surface area contributed by atoms with Crippen LogP contribution in [0.4, 0.5) is 0 Å². The highest BCUT2D eigenvalue weighted by atomic mass is 16.5. The molecule has 1 atom stereocenters. The lowest BCUT2D eigenvalue weighted by Crippen LogP contribution is -2.43. The van der Waals surface area contributed by atoms with Crippen LogP contribution in [-0.4, -0.2) is 41.8 Å². The fourth-order valence-electron chi connectivity index (χ4n) is 3.37. The second kappa shape index (κ2) is 8.54. The molecule has 1 N–H and O–H groups in total. The Kier molecular flexibility index (Phi) is 6.71. The molecule has 1 aromatic rings. The molecule has 1 fully saturated rings. The molecule has 1 saturated carbocycles. The molecule has 2 rings (SSSR count). The minimum Gasteiger partial charge on any atom is -0.491 e. The third-order valence-electron chi connectivity index (χ3n) is 4.93. The maximum Gasteiger partial charge on any atom is 0.122 e. The molecule has 0 unspecified atom stereocenters. The van der Waals surface area contributed by atoms with Gasteiger partial charge in [0.1, 0.15) is 18.5 Å². The van der Waals surface area contributed by atoms with Crippen molar-refractivity contribution >= 4 is 0 Å². The number of rotatable bonds is 7. The number of aryl methyl sites for hydroxylation is 1. The highest BCUT2D eigenvalue weighted by molar-refractivity contribution is 5.38. The molecule has 1 aliphatic rings. The number of hydrogen-bond donors (Lipinski definition) is 1. The van der Waals surface area contributed by atoms with Gasteiger partial charge in [-0.2, -0.15) is 0 Å². The largest absolute Gasteiger partial charge is 0.491 e. The molecule has 0 spiro atoms. The zero-order valence-corrected chi connectivity index (χ0v) is 14.3. The van der Waals surface area contributed by atoms with Crippen molar-refractivity contribution < 1.29 is 9.84 Å². The summed E-state index contributed by atoms with van der Waals surface area (Å²) in [4.78, 5) is 2.43. The normalized spacial score (nSPS) is 17.7. The van der Waals surface area contributed by atoms with Gasteiger partial charge in [0.05, 0.1) is 0 Å². The number of likely N-dealkylation sites (N-methyl/N-ethyl adjacent to an activating group) is 1. The van der Waals surface area contributed by atoms with Crippen molar-refractivity contribution in [2.45, 2.75) is 65.0 Å². The number of ether oxygens (including phenoxy) is 1. The van der Waals surface area contributed by atoms with Crippen LogP contribution in [0.5, 0.6) is 5.75 Å². The van der Waals surface area contributed by atoms with Gasteiger partial charge in [-0.1, -0.05) is 38.3 Å². The van der Waals surface area contributed by atoms with Crippen molar-refractivity contribution in [2.24, 2.45) is 0 Å². The minimum absolute atomic E-state index is 0.369. The first-order valence-electron chi connectivity index (χ1n) is 8.73. The molecule has 1 aliphatic carbocycles. The van der Waals surface area contributed by atoms with E-state index < -0.39 is 6.10 Å². The van der Waals surface area contributed by atoms with E-state index in [-0.39, 0.29) is 0 Å². The lowest BCUT2D eigenvalue weighted by molar-refractivity contribution is 0.0462. The summed E-state index contributed by atoms with van der Waals surface area (Å²) in [5, 5.41) is 10.3. The molecule has 22 heavy (non-hydrogen) atoms. The van der Waals surface area contributed by atoms with E-state index in [0.29, 0.717) is 19.2 Å². The fraction of sp³-hybridized carbons (Fsp3) is 0.684. The number of aliphatic hydroxyl groups is 1. The van der Waals surface area contributed by atoms with Crippen LogP contribution in [-0.2, 0) is 0 Å². The van der Waals surface area contributed by atoms with Crippen molar-refractivity contribution in [3.05, 3.63) is 29.3 Å². The lowest BCUT2D eigenvalue weighted by atomic mass is 9.94. The van der Waals surface area contributed by atoms with Gasteiger partial charge in [0.2, 0.25) is 0 Å². The molecule has 124 valence electrons. The van der Waals surface area contributed by atoms with E-state index in [1.54, 1.807) is 0 Å². The highest BCUT2D eigenvalue weighted by Gasteiger charge is 2.22. The maximum absolute atomic E-state index is 10.3. The molecule has 0 amide bonds. The van der Waals surface area contributed by atoms with Gasteiger partial charge in [0.25, 0.3) is 0 Å². The highest BCUT2D eigenvalue weighted by Crippen LogP contribution is 2.23. The third-order valence-corrected chi connectivity index (χ3v) is 4.93. The lowest BCUT2D eigenvalue weighted by Gasteiger charge is -2.34. The standard InChI is InChI=1S/C19H31NO2/c1-4-20(17-10-6-5-7-11-17)13-18(21)14-22-19-12-8-9-15(2)16(19)3/h8-9,12,17-18,21H,4-7,10-11,13-14H2,1-3H3/t18-/m0/s1. The summed E-state index contributed by atoms with van der Waals surface area (Å²) in [6.45, 7) is 8.43. The smallest absolute Gasteiger partial charge is 0.122 e. The Morgan fingerprint density at radius 1 is 1.23 bits per heavy atom. The van der Waals surface area contributed by atoms with Crippen molar-refractivity contribution in [3.63, 3.8) is 0 Å². The van der Waals surface area contributed by atoms with E-state index in [4.69, 9.17) is 4.74 Å². The van der Waals surface area contributed by atoms with Crippen molar-refractivity contribution in [1.82, 2.24) is 4.90 Å². The topological polar surface area (TPSA) is 32.7 Å². The van der Waals surface area contributed by atoms with Crippen LogP contribution in [0.3, 0.4) is 0 Å². The Balaban J connectivity index is 1.83. The van der Waals surface area contributed by atoms with Crippen LogP contribution < -0.4 is 4.74 Å². The summed E-state index contributed by atoms with van der Waals surface area (Å²) in [7, 11) is 0. The molecule has 0 aliphatic heterocycles. The maximum atomic E-state index is 10.3. The average Bonchev–Trinajstić information content (AvgIpc) is 2.55. The monoisotopic (exact) mass is 305 g/mol. The molecular weight excluding hydrogens is 274 g/mol. The molecule has 0 aromatic heterocycles. The van der Waals surface area contributed by atoms with E-state index in [1.807, 2.05) is 12.1 Å². The first-order valence-corrected chi connectivity index (χ1v) is 8.73. The van der Waals surface area contributed by atoms with Gasteiger partial charge in [-0.05, 0) is 50.4 Å². The van der Waals surface area contributed by atoms with Crippen LogP contribution in [0.1, 0.15) is 50.2 Å². The minimum atomic E-state index is -0.429. The molecule has 0 radical (unpaired) electrons. The van der Waals surface area contributed by atoms with E-state index in [0.717, 1.165) is 17.9 Å². The fourth-order valence-corrected chi connectivity index (χ4v) is 3.37. The summed E-state index contributed by atoms with van der Waals surface area (Å²) >= 11 is 0. The van der Waals surface area contributed by atoms with E-state index in [1.165, 1.54) is 37.7 Å². The average molecular weight is 305 g/mol. The van der Waals surface area contributed by atoms with Gasteiger partial charge in [0, 0.05) is 12.6 Å². The van der Waals surface area contributed by atoms with Crippen LogP contribution in [0, 0.1) is 13.8 Å². The summed E-state index contributed by atoms with van der Waals surface area (Å²) < 4.78 is 5.84. The van der Waals surface area contributed by atoms with Gasteiger partial charge in [-0.15, -0.1) is 0 Å². The summed E-state index contributed by atoms with van der Waals surface area (Å²) in [5.74, 6) is 0.889. The van der Waals surface area contributed by atoms with Crippen LogP contribution in [0.25, 0.3) is 0 Å². The van der Waals surface area contributed by atoms with Crippen LogP contribution >= 0.6 is 0 Å². The molecular formula is C19H31NO2. The van der Waals surface area contributed by atoms with Gasteiger partial charge in [0.15, 0.2) is 0 Å². The molecule has 3 heteroatoms. The Morgan fingerprint density at radius 3 is 2.64 bits per heavy atom. The summed E-state index contributed by atoms with van der Waals surface area (Å²) in [5.41, 5.74) is 2.39. The quantitative estimate of drug-likeness (QED) is 0.834. The molecule has 0 bridgehead atoms. The number of aliphatic hydroxyl groups excluding tert-OH is 1. The van der Waals surface area contributed by atoms with Gasteiger partial charge < -0.3 is 9.84 Å². The molecule has 1 aromatic carbocycles. The van der Waals surface area contributed by atoms with Gasteiger partial charge in [-0.25, -0.2) is 0 Å². The first-order chi connectivity index (χ1) is 10.6. The number of nitrogens with zero attached hydrogens (tertiary/aromatic N) is 1. The zero-order valence-electron chi connectivity index (χ0n) is 14.3. The van der Waals surface area contributed by atoms with E-state index in [2.05, 4.69) is 31.7 Å². The Labute approximate surface area is 135 Å². The van der Waals surface area contributed by atoms with Crippen LogP contribution in [0.2, 0.25) is 0 Å². The summed E-state index contributed by atoms with van der Waals surface area (Å²) in [6, 6.07) is 6.72. The second-order valence-electron chi connectivity index (χ2n) is 6.54. The van der Waals surface area contributed by atoms with E-state index >= 15 is 0 Å². The van der Waals surface area contributed by atoms with Crippen LogP contribution in [0.15, 0.2) is 18.2 Å². The number of hydrogen-bond acceptors (Lipinski definition) is 3. The third kappa shape index (κ3) is 4.72. The Hall–Kier alpha value is -1.06. The van der Waals surface area contributed by atoms with Crippen molar-refractivity contribution in [2.75, 3.05) is 19.7 Å². The Morgan fingerprint density at radius 2 is 1.95 bits per heavy atom. The predicted octanol–water partition coefficient (Wildman–Crippen LogP) is 3.70. The predicted molar refractivity (Wildman–Crippen MR) is 91.5 cm³/mol. The van der Waals surface area contributed by atoms with Crippen molar-refractivity contribution in [1.29, 1.82) is 0 Å². The molecule has 3 nitrogen and oxygen atoms in total. The Bertz CT molecular complexity index is 455. The van der Waals surface area contributed by atoms with E-state index in [9.17, 15) is 5.11 Å². The first kappa shape index (κ1) is 17.3. The molecule has 0 heterocycles. The van der Waals surface area contributed by atoms with Crippen molar-refractivity contribution in [3.8, 4) is 5.75 Å². The SMILES string of the molecule is CCN(C[C@H](O)COc1cccc(C)c1C)C1CCCCC1. The zero-order chi connectivity index (χ0) is 15.9. The van der Waals surface area contributed by atoms with Gasteiger partial charge >= 0.3 is 0 Å². The summed E-state index contributed by atoms with van der Waals surface area (Å²) in [6.07, 6.45) is 6.15. The molecule has 0 saturated heterocycles. The van der Waals surface area contributed by atoms with Gasteiger partial charge in [-0.3, -0.25) is 4.90 Å².